The number of hydrogen-bond donors (Lipinski definition) is 1. The summed E-state index contributed by atoms with van der Waals surface area (Å²) in [5.41, 5.74) is 2.46. The molecule has 0 unspecified atom stereocenters. The maximum atomic E-state index is 6.21. The van der Waals surface area contributed by atoms with Crippen molar-refractivity contribution in [3.8, 4) is 0 Å². The lowest BCUT2D eigenvalue weighted by Crippen LogP contribution is -2.14. The van der Waals surface area contributed by atoms with E-state index < -0.39 is 0 Å². The van der Waals surface area contributed by atoms with E-state index in [1.54, 1.807) is 0 Å². The zero-order valence-electron chi connectivity index (χ0n) is 13.6. The summed E-state index contributed by atoms with van der Waals surface area (Å²) >= 11 is 6.21. The number of nitrogens with zero attached hydrogens (tertiary/aromatic N) is 2. The van der Waals surface area contributed by atoms with Gasteiger partial charge in [-0.05, 0) is 60.1 Å². The molecule has 122 valence electrons. The summed E-state index contributed by atoms with van der Waals surface area (Å²) in [5.74, 6) is 2.49. The first-order chi connectivity index (χ1) is 11.1. The molecule has 0 atom stereocenters. The molecule has 0 bridgehead atoms. The smallest absolute Gasteiger partial charge is 0.133 e. The van der Waals surface area contributed by atoms with Gasteiger partial charge in [0.25, 0.3) is 0 Å². The van der Waals surface area contributed by atoms with Gasteiger partial charge in [-0.3, -0.25) is 0 Å². The lowest BCUT2D eigenvalue weighted by atomic mass is 9.92. The van der Waals surface area contributed by atoms with Crippen LogP contribution in [0.15, 0.2) is 30.5 Å². The Morgan fingerprint density at radius 2 is 1.96 bits per heavy atom. The van der Waals surface area contributed by atoms with Gasteiger partial charge in [-0.15, -0.1) is 0 Å². The van der Waals surface area contributed by atoms with E-state index in [2.05, 4.69) is 41.3 Å². The van der Waals surface area contributed by atoms with Crippen molar-refractivity contribution < 1.29 is 4.74 Å². The Kier molecular flexibility index (Phi) is 5.13. The molecule has 0 aliphatic carbocycles. The summed E-state index contributed by atoms with van der Waals surface area (Å²) in [6, 6.07) is 8.13. The number of aromatic nitrogens is 2. The molecule has 0 amide bonds. The monoisotopic (exact) mass is 331 g/mol. The molecule has 2 aromatic heterocycles. The molecule has 0 saturated carbocycles. The van der Waals surface area contributed by atoms with Crippen molar-refractivity contribution in [1.82, 2.24) is 9.97 Å². The van der Waals surface area contributed by atoms with Crippen LogP contribution >= 0.6 is 11.6 Å². The van der Waals surface area contributed by atoms with Gasteiger partial charge < -0.3 is 10.1 Å². The number of hydrogen-bond acceptors (Lipinski definition) is 4. The topological polar surface area (TPSA) is 47.0 Å². The number of nitrogens with one attached hydrogen (secondary N) is 1. The van der Waals surface area contributed by atoms with Crippen molar-refractivity contribution in [3.05, 3.63) is 46.7 Å². The Morgan fingerprint density at radius 3 is 2.70 bits per heavy atom. The second-order valence-corrected chi connectivity index (χ2v) is 6.64. The maximum Gasteiger partial charge on any atom is 0.133 e. The van der Waals surface area contributed by atoms with E-state index in [1.807, 2.05) is 18.3 Å². The maximum absolute atomic E-state index is 6.21. The van der Waals surface area contributed by atoms with Crippen LogP contribution in [0.2, 0.25) is 5.15 Å². The molecule has 3 rings (SSSR count). The first-order valence-corrected chi connectivity index (χ1v) is 8.48. The molecule has 1 fully saturated rings. The third kappa shape index (κ3) is 4.21. The second kappa shape index (κ2) is 7.28. The van der Waals surface area contributed by atoms with E-state index >= 15 is 0 Å². The zero-order valence-corrected chi connectivity index (χ0v) is 14.3. The molecule has 0 radical (unpaired) electrons. The van der Waals surface area contributed by atoms with Crippen LogP contribution in [0.25, 0.3) is 0 Å². The van der Waals surface area contributed by atoms with Gasteiger partial charge in [0.1, 0.15) is 16.8 Å². The van der Waals surface area contributed by atoms with Gasteiger partial charge >= 0.3 is 0 Å². The zero-order chi connectivity index (χ0) is 16.2. The Morgan fingerprint density at radius 1 is 1.17 bits per heavy atom. The largest absolute Gasteiger partial charge is 0.381 e. The molecule has 0 spiro atoms. The third-order valence-electron chi connectivity index (χ3n) is 4.22. The highest BCUT2D eigenvalue weighted by Gasteiger charge is 2.17. The number of halogens is 1. The van der Waals surface area contributed by atoms with Gasteiger partial charge in [0.2, 0.25) is 0 Å². The normalized spacial score (nSPS) is 15.8. The predicted octanol–water partition coefficient (Wildman–Crippen LogP) is 4.89. The molecule has 23 heavy (non-hydrogen) atoms. The molecule has 1 aliphatic heterocycles. The van der Waals surface area contributed by atoms with E-state index in [-0.39, 0.29) is 0 Å². The molecule has 4 nitrogen and oxygen atoms in total. The standard InChI is InChI=1S/C18H22ClN3O/c1-12(2)14-3-6-20-17(10-14)22-18-11-15(9-16(19)21-18)13-4-7-23-8-5-13/h3,6,9-13H,4-5,7-8H2,1-2H3,(H,20,21,22). The highest BCUT2D eigenvalue weighted by atomic mass is 35.5. The van der Waals surface area contributed by atoms with E-state index in [1.165, 1.54) is 11.1 Å². The van der Waals surface area contributed by atoms with E-state index in [4.69, 9.17) is 16.3 Å². The van der Waals surface area contributed by atoms with Crippen molar-refractivity contribution in [2.24, 2.45) is 0 Å². The van der Waals surface area contributed by atoms with Crippen LogP contribution in [0.3, 0.4) is 0 Å². The first-order valence-electron chi connectivity index (χ1n) is 8.10. The van der Waals surface area contributed by atoms with Crippen molar-refractivity contribution >= 4 is 23.2 Å². The molecule has 1 aliphatic rings. The molecular formula is C18H22ClN3O. The van der Waals surface area contributed by atoms with Crippen LogP contribution in [0.1, 0.15) is 49.7 Å². The average molecular weight is 332 g/mol. The summed E-state index contributed by atoms with van der Waals surface area (Å²) in [6.45, 7) is 5.96. The van der Waals surface area contributed by atoms with Crippen LogP contribution in [0.4, 0.5) is 11.6 Å². The molecule has 3 heterocycles. The number of rotatable bonds is 4. The summed E-state index contributed by atoms with van der Waals surface area (Å²) in [7, 11) is 0. The number of ether oxygens (including phenoxy) is 1. The lowest BCUT2D eigenvalue weighted by molar-refractivity contribution is 0.0853. The van der Waals surface area contributed by atoms with Crippen molar-refractivity contribution in [2.45, 2.75) is 38.5 Å². The Bertz CT molecular complexity index is 669. The van der Waals surface area contributed by atoms with Crippen molar-refractivity contribution in [2.75, 3.05) is 18.5 Å². The summed E-state index contributed by atoms with van der Waals surface area (Å²) in [5, 5.41) is 3.79. The van der Waals surface area contributed by atoms with Gasteiger partial charge in [0, 0.05) is 19.4 Å². The Labute approximate surface area is 142 Å². The Hall–Kier alpha value is -1.65. The fraction of sp³-hybridized carbons (Fsp3) is 0.444. The van der Waals surface area contributed by atoms with Crippen LogP contribution in [0, 0.1) is 0 Å². The van der Waals surface area contributed by atoms with E-state index in [9.17, 15) is 0 Å². The molecule has 2 aromatic rings. The molecule has 1 saturated heterocycles. The summed E-state index contributed by atoms with van der Waals surface area (Å²) < 4.78 is 5.44. The van der Waals surface area contributed by atoms with Crippen molar-refractivity contribution in [3.63, 3.8) is 0 Å². The summed E-state index contributed by atoms with van der Waals surface area (Å²) in [4.78, 5) is 8.76. The lowest BCUT2D eigenvalue weighted by Gasteiger charge is -2.23. The minimum atomic E-state index is 0.462. The van der Waals surface area contributed by atoms with Gasteiger partial charge in [0.15, 0.2) is 0 Å². The highest BCUT2D eigenvalue weighted by molar-refractivity contribution is 6.29. The van der Waals surface area contributed by atoms with Crippen LogP contribution < -0.4 is 5.32 Å². The SMILES string of the molecule is CC(C)c1ccnc(Nc2cc(C3CCOCC3)cc(Cl)n2)c1. The van der Waals surface area contributed by atoms with Crippen molar-refractivity contribution in [1.29, 1.82) is 0 Å². The molecular weight excluding hydrogens is 310 g/mol. The predicted molar refractivity (Wildman–Crippen MR) is 93.6 cm³/mol. The average Bonchev–Trinajstić information content (AvgIpc) is 2.55. The third-order valence-corrected chi connectivity index (χ3v) is 4.41. The Balaban J connectivity index is 1.82. The fourth-order valence-electron chi connectivity index (χ4n) is 2.85. The summed E-state index contributed by atoms with van der Waals surface area (Å²) in [6.07, 6.45) is 3.88. The van der Waals surface area contributed by atoms with E-state index in [0.29, 0.717) is 17.0 Å². The van der Waals surface area contributed by atoms with Gasteiger partial charge in [-0.1, -0.05) is 25.4 Å². The number of pyridine rings is 2. The quantitative estimate of drug-likeness (QED) is 0.810. The number of anilines is 2. The van der Waals surface area contributed by atoms with Gasteiger partial charge in [-0.2, -0.15) is 0 Å². The molecule has 1 N–H and O–H groups in total. The first kappa shape index (κ1) is 16.2. The second-order valence-electron chi connectivity index (χ2n) is 6.25. The van der Waals surface area contributed by atoms with Gasteiger partial charge in [-0.25, -0.2) is 9.97 Å². The minimum Gasteiger partial charge on any atom is -0.381 e. The molecule has 5 heteroatoms. The van der Waals surface area contributed by atoms with Crippen LogP contribution in [0.5, 0.6) is 0 Å². The minimum absolute atomic E-state index is 0.462. The molecule has 0 aromatic carbocycles. The highest BCUT2D eigenvalue weighted by Crippen LogP contribution is 2.30. The van der Waals surface area contributed by atoms with Gasteiger partial charge in [0.05, 0.1) is 0 Å². The fourth-order valence-corrected chi connectivity index (χ4v) is 3.07. The van der Waals surface area contributed by atoms with Crippen LogP contribution in [-0.4, -0.2) is 23.2 Å². The van der Waals surface area contributed by atoms with Crippen LogP contribution in [-0.2, 0) is 4.74 Å². The van der Waals surface area contributed by atoms with E-state index in [0.717, 1.165) is 37.7 Å².